The van der Waals surface area contributed by atoms with E-state index in [4.69, 9.17) is 0 Å². The first-order valence-corrected chi connectivity index (χ1v) is 8.14. The zero-order chi connectivity index (χ0) is 20.6. The summed E-state index contributed by atoms with van der Waals surface area (Å²) in [5, 5.41) is 11.5. The molecule has 0 aliphatic heterocycles. The number of carbonyl (C=O) groups is 2. The van der Waals surface area contributed by atoms with Gasteiger partial charge in [-0.15, -0.1) is 0 Å². The number of nitrogens with one attached hydrogen (secondary N) is 4. The van der Waals surface area contributed by atoms with Crippen LogP contribution in [0.2, 0.25) is 0 Å². The van der Waals surface area contributed by atoms with E-state index in [1.54, 1.807) is 42.5 Å². The Kier molecular flexibility index (Phi) is 5.85. The van der Waals surface area contributed by atoms with Crippen molar-refractivity contribution in [1.29, 1.82) is 0 Å². The predicted molar refractivity (Wildman–Crippen MR) is 102 cm³/mol. The van der Waals surface area contributed by atoms with E-state index >= 15 is 0 Å². The van der Waals surface area contributed by atoms with Gasteiger partial charge in [0.05, 0.1) is 4.92 Å². The van der Waals surface area contributed by atoms with Crippen LogP contribution in [0.5, 0.6) is 0 Å². The second-order valence-electron chi connectivity index (χ2n) is 5.42. The Hall–Kier alpha value is -4.61. The molecule has 12 nitrogen and oxygen atoms in total. The fourth-order valence-electron chi connectivity index (χ4n) is 2.19. The molecule has 0 saturated carbocycles. The average Bonchev–Trinajstić information content (AvgIpc) is 2.76. The quantitative estimate of drug-likeness (QED) is 0.341. The Morgan fingerprint density at radius 1 is 0.828 bits per heavy atom. The normalized spacial score (nSPS) is 9.93. The summed E-state index contributed by atoms with van der Waals surface area (Å²) in [6, 6.07) is 13.0. The maximum atomic E-state index is 12.1. The van der Waals surface area contributed by atoms with Crippen molar-refractivity contribution in [2.24, 2.45) is 0 Å². The number of anilines is 2. The van der Waals surface area contributed by atoms with Gasteiger partial charge in [-0.1, -0.05) is 24.3 Å². The summed E-state index contributed by atoms with van der Waals surface area (Å²) in [6.07, 6.45) is 2.46. The summed E-state index contributed by atoms with van der Waals surface area (Å²) in [5.41, 5.74) is 9.22. The van der Waals surface area contributed by atoms with Crippen LogP contribution < -0.4 is 21.7 Å². The van der Waals surface area contributed by atoms with E-state index in [9.17, 15) is 19.7 Å². The minimum absolute atomic E-state index is 0.102. The molecule has 0 fully saturated rings. The van der Waals surface area contributed by atoms with Crippen LogP contribution in [0.3, 0.4) is 0 Å². The lowest BCUT2D eigenvalue weighted by Gasteiger charge is -2.11. The number of hydrogen-bond donors (Lipinski definition) is 4. The highest BCUT2D eigenvalue weighted by Gasteiger charge is 2.24. The first kappa shape index (κ1) is 19.2. The molecular weight excluding hydrogens is 380 g/mol. The minimum atomic E-state index is -0.758. The Morgan fingerprint density at radius 2 is 1.45 bits per heavy atom. The van der Waals surface area contributed by atoms with Gasteiger partial charge in [0.15, 0.2) is 0 Å². The summed E-state index contributed by atoms with van der Waals surface area (Å²) < 4.78 is 0. The van der Waals surface area contributed by atoms with Gasteiger partial charge in [-0.2, -0.15) is 0 Å². The molecule has 29 heavy (non-hydrogen) atoms. The average molecular weight is 394 g/mol. The van der Waals surface area contributed by atoms with Crippen molar-refractivity contribution in [2.75, 3.05) is 10.9 Å². The van der Waals surface area contributed by atoms with Crippen molar-refractivity contribution in [1.82, 2.24) is 25.8 Å². The van der Waals surface area contributed by atoms with E-state index in [1.165, 1.54) is 12.3 Å². The van der Waals surface area contributed by atoms with Crippen molar-refractivity contribution < 1.29 is 14.5 Å². The first-order valence-electron chi connectivity index (χ1n) is 8.14. The molecule has 0 atom stereocenters. The standard InChI is InChI=1S/C17H14N8O4/c26-16(11-6-2-1-3-7-11)23-21-14-13(25(28)29)15(20-10-19-14)22-24-17(27)12-8-4-5-9-18-12/h1-10H,(H,23,26)(H,24,27)(H2,19,20,21,22). The first-order chi connectivity index (χ1) is 14.1. The number of carbonyl (C=O) groups excluding carboxylic acids is 2. The second kappa shape index (κ2) is 8.85. The number of amides is 2. The van der Waals surface area contributed by atoms with Crippen molar-refractivity contribution in [3.8, 4) is 0 Å². The molecule has 146 valence electrons. The molecule has 2 aromatic heterocycles. The molecule has 0 aliphatic carbocycles. The van der Waals surface area contributed by atoms with Crippen LogP contribution in [0, 0.1) is 10.1 Å². The van der Waals surface area contributed by atoms with Gasteiger partial charge in [0.25, 0.3) is 11.8 Å². The molecule has 2 heterocycles. The van der Waals surface area contributed by atoms with Gasteiger partial charge in [-0.3, -0.25) is 46.4 Å². The maximum absolute atomic E-state index is 12.1. The lowest BCUT2D eigenvalue weighted by molar-refractivity contribution is -0.383. The van der Waals surface area contributed by atoms with E-state index in [0.717, 1.165) is 6.33 Å². The van der Waals surface area contributed by atoms with Crippen LogP contribution in [0.4, 0.5) is 17.3 Å². The van der Waals surface area contributed by atoms with E-state index in [-0.39, 0.29) is 17.3 Å². The van der Waals surface area contributed by atoms with Crippen molar-refractivity contribution >= 4 is 29.1 Å². The maximum Gasteiger partial charge on any atom is 0.356 e. The number of nitro groups is 1. The molecule has 0 spiro atoms. The zero-order valence-electron chi connectivity index (χ0n) is 14.7. The highest BCUT2D eigenvalue weighted by atomic mass is 16.6. The van der Waals surface area contributed by atoms with Crippen LogP contribution in [-0.4, -0.2) is 31.7 Å². The minimum Gasteiger partial charge on any atom is -0.276 e. The number of rotatable bonds is 7. The summed E-state index contributed by atoms with van der Waals surface area (Å²) in [5.74, 6) is -1.70. The molecule has 0 bridgehead atoms. The van der Waals surface area contributed by atoms with Gasteiger partial charge in [0.1, 0.15) is 12.0 Å². The lowest BCUT2D eigenvalue weighted by Crippen LogP contribution is -2.32. The number of benzene rings is 1. The smallest absolute Gasteiger partial charge is 0.276 e. The van der Waals surface area contributed by atoms with E-state index in [1.807, 2.05) is 0 Å². The van der Waals surface area contributed by atoms with E-state index in [0.29, 0.717) is 5.56 Å². The van der Waals surface area contributed by atoms with Crippen molar-refractivity contribution in [3.05, 3.63) is 82.4 Å². The Balaban J connectivity index is 1.73. The molecule has 0 radical (unpaired) electrons. The number of pyridine rings is 1. The molecular formula is C17H14N8O4. The molecule has 2 amide bonds. The lowest BCUT2D eigenvalue weighted by atomic mass is 10.2. The zero-order valence-corrected chi connectivity index (χ0v) is 14.7. The van der Waals surface area contributed by atoms with Crippen LogP contribution in [0.25, 0.3) is 0 Å². The van der Waals surface area contributed by atoms with Crippen molar-refractivity contribution in [3.63, 3.8) is 0 Å². The summed E-state index contributed by atoms with van der Waals surface area (Å²) in [6.45, 7) is 0. The van der Waals surface area contributed by atoms with Gasteiger partial charge in [-0.25, -0.2) is 9.97 Å². The van der Waals surface area contributed by atoms with Gasteiger partial charge in [0.2, 0.25) is 11.6 Å². The van der Waals surface area contributed by atoms with Crippen LogP contribution >= 0.6 is 0 Å². The Labute approximate surface area is 163 Å². The third kappa shape index (κ3) is 4.77. The number of hydrazine groups is 2. The van der Waals surface area contributed by atoms with Gasteiger partial charge in [-0.05, 0) is 24.3 Å². The highest BCUT2D eigenvalue weighted by Crippen LogP contribution is 2.27. The van der Waals surface area contributed by atoms with Crippen LogP contribution in [-0.2, 0) is 0 Å². The third-order valence-corrected chi connectivity index (χ3v) is 3.53. The molecule has 1 aromatic carbocycles. The molecule has 3 rings (SSSR count). The number of hydrogen-bond acceptors (Lipinski definition) is 9. The largest absolute Gasteiger partial charge is 0.356 e. The highest BCUT2D eigenvalue weighted by molar-refractivity contribution is 5.95. The molecule has 0 saturated heterocycles. The number of aromatic nitrogens is 3. The Bertz CT molecular complexity index is 956. The summed E-state index contributed by atoms with van der Waals surface area (Å²) in [4.78, 5) is 46.2. The Morgan fingerprint density at radius 3 is 2.03 bits per heavy atom. The fourth-order valence-corrected chi connectivity index (χ4v) is 2.19. The number of nitrogens with zero attached hydrogens (tertiary/aromatic N) is 4. The van der Waals surface area contributed by atoms with Gasteiger partial charge in [0, 0.05) is 11.8 Å². The summed E-state index contributed by atoms with van der Waals surface area (Å²) in [7, 11) is 0. The molecule has 3 aromatic rings. The molecule has 0 unspecified atom stereocenters. The van der Waals surface area contributed by atoms with Crippen LogP contribution in [0.15, 0.2) is 61.1 Å². The predicted octanol–water partition coefficient (Wildman–Crippen LogP) is 1.29. The van der Waals surface area contributed by atoms with Gasteiger partial charge < -0.3 is 0 Å². The topological polar surface area (TPSA) is 164 Å². The van der Waals surface area contributed by atoms with Gasteiger partial charge >= 0.3 is 5.69 Å². The SMILES string of the molecule is O=C(NNc1ncnc(NNC(=O)c2ccccn2)c1[N+](=O)[O-])c1ccccc1. The van der Waals surface area contributed by atoms with E-state index in [2.05, 4.69) is 36.7 Å². The van der Waals surface area contributed by atoms with Crippen molar-refractivity contribution in [2.45, 2.75) is 0 Å². The van der Waals surface area contributed by atoms with Crippen LogP contribution in [0.1, 0.15) is 20.8 Å². The monoisotopic (exact) mass is 394 g/mol. The summed E-state index contributed by atoms with van der Waals surface area (Å²) >= 11 is 0. The second-order valence-corrected chi connectivity index (χ2v) is 5.42. The third-order valence-electron chi connectivity index (χ3n) is 3.53. The van der Waals surface area contributed by atoms with E-state index < -0.39 is 22.4 Å². The molecule has 0 aliphatic rings. The fraction of sp³-hybridized carbons (Fsp3) is 0. The molecule has 12 heteroatoms. The molecule has 4 N–H and O–H groups in total.